The van der Waals surface area contributed by atoms with Crippen molar-refractivity contribution in [3.8, 4) is 5.75 Å². The first-order valence-electron chi connectivity index (χ1n) is 6.13. The van der Waals surface area contributed by atoms with Gasteiger partial charge in [-0.3, -0.25) is 0 Å². The Morgan fingerprint density at radius 1 is 1.44 bits per heavy atom. The van der Waals surface area contributed by atoms with Gasteiger partial charge in [0.15, 0.2) is 0 Å². The Balaban J connectivity index is 1.71. The van der Waals surface area contributed by atoms with Gasteiger partial charge in [0.1, 0.15) is 5.75 Å². The zero-order chi connectivity index (χ0) is 11.4. The van der Waals surface area contributed by atoms with E-state index in [1.54, 1.807) is 0 Å². The topological polar surface area (TPSA) is 29.5 Å². The number of benzene rings is 1. The molecule has 0 radical (unpaired) electrons. The molecule has 1 atom stereocenters. The van der Waals surface area contributed by atoms with E-state index in [0.29, 0.717) is 12.5 Å². The quantitative estimate of drug-likeness (QED) is 0.826. The number of aliphatic hydroxyl groups excluding tert-OH is 1. The van der Waals surface area contributed by atoms with Crippen LogP contribution in [0.25, 0.3) is 0 Å². The molecule has 0 aromatic heterocycles. The van der Waals surface area contributed by atoms with Crippen LogP contribution >= 0.6 is 0 Å². The number of ether oxygens (including phenoxy) is 1. The van der Waals surface area contributed by atoms with E-state index in [2.05, 4.69) is 13.0 Å². The Morgan fingerprint density at radius 3 is 2.88 bits per heavy atom. The second-order valence-electron chi connectivity index (χ2n) is 4.71. The van der Waals surface area contributed by atoms with E-state index in [-0.39, 0.29) is 6.10 Å². The van der Waals surface area contributed by atoms with E-state index in [0.717, 1.165) is 12.2 Å². The first-order chi connectivity index (χ1) is 7.75. The molecule has 0 aliphatic heterocycles. The average molecular weight is 220 g/mol. The lowest BCUT2D eigenvalue weighted by molar-refractivity contribution is 0.0446. The third kappa shape index (κ3) is 2.99. The maximum atomic E-state index is 9.82. The van der Waals surface area contributed by atoms with Crippen LogP contribution in [-0.4, -0.2) is 17.8 Å². The highest BCUT2D eigenvalue weighted by molar-refractivity contribution is 5.27. The van der Waals surface area contributed by atoms with Gasteiger partial charge in [0.2, 0.25) is 0 Å². The molecule has 0 spiro atoms. The summed E-state index contributed by atoms with van der Waals surface area (Å²) in [6, 6.07) is 8.03. The minimum atomic E-state index is -0.168. The van der Waals surface area contributed by atoms with E-state index in [1.807, 2.05) is 18.2 Å². The largest absolute Gasteiger partial charge is 0.493 e. The van der Waals surface area contributed by atoms with Crippen LogP contribution in [0.15, 0.2) is 24.3 Å². The molecule has 0 amide bonds. The van der Waals surface area contributed by atoms with Crippen LogP contribution in [0.1, 0.15) is 31.2 Å². The molecule has 1 aliphatic rings. The molecule has 2 heteroatoms. The van der Waals surface area contributed by atoms with Crippen molar-refractivity contribution < 1.29 is 9.84 Å². The molecule has 2 rings (SSSR count). The number of hydrogen-bond acceptors (Lipinski definition) is 2. The van der Waals surface area contributed by atoms with Crippen LogP contribution in [0, 0.1) is 12.8 Å². The lowest BCUT2D eigenvalue weighted by Gasteiger charge is -2.30. The molecule has 1 unspecified atom stereocenters. The zero-order valence-electron chi connectivity index (χ0n) is 9.86. The molecule has 1 aliphatic carbocycles. The molecule has 1 fully saturated rings. The second-order valence-corrected chi connectivity index (χ2v) is 4.71. The first-order valence-corrected chi connectivity index (χ1v) is 6.13. The summed E-state index contributed by atoms with van der Waals surface area (Å²) in [6.45, 7) is 2.66. The van der Waals surface area contributed by atoms with E-state index < -0.39 is 0 Å². The highest BCUT2D eigenvalue weighted by atomic mass is 16.5. The minimum absolute atomic E-state index is 0.168. The van der Waals surface area contributed by atoms with Gasteiger partial charge in [-0.15, -0.1) is 0 Å². The Morgan fingerprint density at radius 2 is 2.25 bits per heavy atom. The molecular formula is C14H20O2. The predicted molar refractivity (Wildman–Crippen MR) is 64.6 cm³/mol. The molecule has 1 N–H and O–H groups in total. The molecule has 0 heterocycles. The summed E-state index contributed by atoms with van der Waals surface area (Å²) < 4.78 is 5.62. The van der Waals surface area contributed by atoms with Gasteiger partial charge in [-0.05, 0) is 43.4 Å². The maximum Gasteiger partial charge on any atom is 0.119 e. The Bertz CT molecular complexity index is 331. The number of aryl methyl sites for hydroxylation is 1. The van der Waals surface area contributed by atoms with Gasteiger partial charge in [-0.1, -0.05) is 18.6 Å². The van der Waals surface area contributed by atoms with E-state index >= 15 is 0 Å². The van der Waals surface area contributed by atoms with Crippen LogP contribution in [0.5, 0.6) is 5.75 Å². The summed E-state index contributed by atoms with van der Waals surface area (Å²) in [6.07, 6.45) is 4.23. The first kappa shape index (κ1) is 11.5. The van der Waals surface area contributed by atoms with Gasteiger partial charge in [-0.2, -0.15) is 0 Å². The fourth-order valence-electron chi connectivity index (χ4n) is 2.06. The van der Waals surface area contributed by atoms with Crippen LogP contribution < -0.4 is 4.74 Å². The van der Waals surface area contributed by atoms with E-state index in [1.165, 1.54) is 24.8 Å². The van der Waals surface area contributed by atoms with Crippen molar-refractivity contribution in [1.82, 2.24) is 0 Å². The summed E-state index contributed by atoms with van der Waals surface area (Å²) in [4.78, 5) is 0. The van der Waals surface area contributed by atoms with E-state index in [4.69, 9.17) is 4.74 Å². The summed E-state index contributed by atoms with van der Waals surface area (Å²) >= 11 is 0. The Kier molecular flexibility index (Phi) is 3.83. The van der Waals surface area contributed by atoms with Crippen molar-refractivity contribution >= 4 is 0 Å². The normalized spacial score (nSPS) is 17.9. The summed E-state index contributed by atoms with van der Waals surface area (Å²) in [5, 5.41) is 9.82. The lowest BCUT2D eigenvalue weighted by Crippen LogP contribution is -2.28. The monoisotopic (exact) mass is 220 g/mol. The van der Waals surface area contributed by atoms with Crippen LogP contribution in [-0.2, 0) is 0 Å². The average Bonchev–Trinajstić information content (AvgIpc) is 2.15. The van der Waals surface area contributed by atoms with Gasteiger partial charge in [-0.25, -0.2) is 0 Å². The maximum absolute atomic E-state index is 9.82. The third-order valence-electron chi connectivity index (χ3n) is 3.37. The molecule has 16 heavy (non-hydrogen) atoms. The van der Waals surface area contributed by atoms with Crippen LogP contribution in [0.3, 0.4) is 0 Å². The lowest BCUT2D eigenvalue weighted by atomic mass is 9.80. The number of hydrogen-bond donors (Lipinski definition) is 1. The fourth-order valence-corrected chi connectivity index (χ4v) is 2.06. The van der Waals surface area contributed by atoms with Gasteiger partial charge < -0.3 is 9.84 Å². The molecular weight excluding hydrogens is 200 g/mol. The molecule has 88 valence electrons. The van der Waals surface area contributed by atoms with Crippen LogP contribution in [0.2, 0.25) is 0 Å². The van der Waals surface area contributed by atoms with Crippen molar-refractivity contribution in [3.63, 3.8) is 0 Å². The standard InChI is InChI=1S/C14H20O2/c1-11-4-2-7-13(10-11)16-9-8-14(15)12-5-3-6-12/h2,4,7,10,12,14-15H,3,5-6,8-9H2,1H3. The van der Waals surface area contributed by atoms with Crippen molar-refractivity contribution in [2.75, 3.05) is 6.61 Å². The molecule has 1 aromatic carbocycles. The van der Waals surface area contributed by atoms with Crippen molar-refractivity contribution in [2.45, 2.75) is 38.7 Å². The highest BCUT2D eigenvalue weighted by Gasteiger charge is 2.25. The number of rotatable bonds is 5. The molecule has 1 saturated carbocycles. The molecule has 2 nitrogen and oxygen atoms in total. The smallest absolute Gasteiger partial charge is 0.119 e. The van der Waals surface area contributed by atoms with Gasteiger partial charge in [0.25, 0.3) is 0 Å². The minimum Gasteiger partial charge on any atom is -0.493 e. The van der Waals surface area contributed by atoms with Gasteiger partial charge >= 0.3 is 0 Å². The van der Waals surface area contributed by atoms with Crippen molar-refractivity contribution in [1.29, 1.82) is 0 Å². The third-order valence-corrected chi connectivity index (χ3v) is 3.37. The van der Waals surface area contributed by atoms with Crippen molar-refractivity contribution in [2.24, 2.45) is 5.92 Å². The summed E-state index contributed by atoms with van der Waals surface area (Å²) in [5.74, 6) is 1.43. The predicted octanol–water partition coefficient (Wildman–Crippen LogP) is 2.92. The Hall–Kier alpha value is -1.02. The molecule has 0 bridgehead atoms. The summed E-state index contributed by atoms with van der Waals surface area (Å²) in [5.41, 5.74) is 1.21. The van der Waals surface area contributed by atoms with Crippen LogP contribution in [0.4, 0.5) is 0 Å². The highest BCUT2D eigenvalue weighted by Crippen LogP contribution is 2.30. The fraction of sp³-hybridized carbons (Fsp3) is 0.571. The van der Waals surface area contributed by atoms with Gasteiger partial charge in [0, 0.05) is 6.42 Å². The molecule has 0 saturated heterocycles. The zero-order valence-corrected chi connectivity index (χ0v) is 9.86. The van der Waals surface area contributed by atoms with Crippen molar-refractivity contribution in [3.05, 3.63) is 29.8 Å². The number of aliphatic hydroxyl groups is 1. The second kappa shape index (κ2) is 5.35. The SMILES string of the molecule is Cc1cccc(OCCC(O)C2CCC2)c1. The molecule has 1 aromatic rings. The van der Waals surface area contributed by atoms with E-state index in [9.17, 15) is 5.11 Å². The summed E-state index contributed by atoms with van der Waals surface area (Å²) in [7, 11) is 0. The van der Waals surface area contributed by atoms with Gasteiger partial charge in [0.05, 0.1) is 12.7 Å². The Labute approximate surface area is 97.3 Å².